The van der Waals surface area contributed by atoms with Crippen molar-refractivity contribution in [2.45, 2.75) is 33.7 Å². The van der Waals surface area contributed by atoms with Gasteiger partial charge in [0.05, 0.1) is 0 Å². The van der Waals surface area contributed by atoms with Crippen LogP contribution in [-0.4, -0.2) is 27.1 Å². The van der Waals surface area contributed by atoms with E-state index in [1.807, 2.05) is 45.9 Å². The molecular weight excluding hydrogens is 266 g/mol. The zero-order valence-electron chi connectivity index (χ0n) is 12.6. The number of hydrogen-bond acceptors (Lipinski definition) is 4. The number of aromatic carboxylic acids is 1. The molecular formula is C16H19N3O2. The lowest BCUT2D eigenvalue weighted by Gasteiger charge is -2.13. The highest BCUT2D eigenvalue weighted by Gasteiger charge is 2.15. The second kappa shape index (κ2) is 5.91. The number of aromatic nitrogens is 2. The average Bonchev–Trinajstić information content (AvgIpc) is 2.40. The Hall–Kier alpha value is -2.43. The Morgan fingerprint density at radius 3 is 2.52 bits per heavy atom. The normalized spacial score (nSPS) is 10.7. The predicted molar refractivity (Wildman–Crippen MR) is 82.7 cm³/mol. The van der Waals surface area contributed by atoms with Gasteiger partial charge in [0.2, 0.25) is 0 Å². The fourth-order valence-corrected chi connectivity index (χ4v) is 1.94. The Balaban J connectivity index is 2.50. The number of hydrogen-bond donors (Lipinski definition) is 2. The molecule has 0 aliphatic rings. The molecule has 5 heteroatoms. The molecule has 1 aromatic heterocycles. The van der Waals surface area contributed by atoms with Gasteiger partial charge in [-0.3, -0.25) is 0 Å². The van der Waals surface area contributed by atoms with Crippen LogP contribution in [0.5, 0.6) is 0 Å². The quantitative estimate of drug-likeness (QED) is 0.901. The van der Waals surface area contributed by atoms with Crippen LogP contribution in [0.25, 0.3) is 11.4 Å². The van der Waals surface area contributed by atoms with E-state index in [0.717, 1.165) is 11.1 Å². The van der Waals surface area contributed by atoms with Gasteiger partial charge in [-0.15, -0.1) is 0 Å². The average molecular weight is 285 g/mol. The van der Waals surface area contributed by atoms with Crippen LogP contribution in [0.2, 0.25) is 0 Å². The third-order valence-corrected chi connectivity index (χ3v) is 3.21. The van der Waals surface area contributed by atoms with Crippen LogP contribution < -0.4 is 5.32 Å². The maximum absolute atomic E-state index is 11.2. The molecule has 0 atom stereocenters. The molecule has 5 nitrogen and oxygen atoms in total. The molecule has 0 saturated heterocycles. The smallest absolute Gasteiger partial charge is 0.341 e. The SMILES string of the molecule is Cc1ccc(-c2ncc(C(=O)O)c(NC(C)C)n2)cc1C. The van der Waals surface area contributed by atoms with Crippen molar-refractivity contribution >= 4 is 11.8 Å². The molecule has 110 valence electrons. The van der Waals surface area contributed by atoms with Crippen molar-refractivity contribution in [1.82, 2.24) is 9.97 Å². The van der Waals surface area contributed by atoms with Gasteiger partial charge in [-0.25, -0.2) is 14.8 Å². The van der Waals surface area contributed by atoms with Gasteiger partial charge in [0, 0.05) is 17.8 Å². The number of carbonyl (C=O) groups is 1. The summed E-state index contributed by atoms with van der Waals surface area (Å²) in [6.07, 6.45) is 1.35. The molecule has 0 saturated carbocycles. The van der Waals surface area contributed by atoms with Crippen LogP contribution in [-0.2, 0) is 0 Å². The van der Waals surface area contributed by atoms with E-state index in [-0.39, 0.29) is 11.6 Å². The summed E-state index contributed by atoms with van der Waals surface area (Å²) in [6, 6.07) is 6.04. The molecule has 2 aromatic rings. The van der Waals surface area contributed by atoms with Gasteiger partial charge in [0.25, 0.3) is 0 Å². The summed E-state index contributed by atoms with van der Waals surface area (Å²) in [7, 11) is 0. The van der Waals surface area contributed by atoms with Crippen molar-refractivity contribution in [2.24, 2.45) is 0 Å². The maximum atomic E-state index is 11.2. The summed E-state index contributed by atoms with van der Waals surface area (Å²) in [6.45, 7) is 7.93. The molecule has 0 radical (unpaired) electrons. The van der Waals surface area contributed by atoms with Gasteiger partial charge in [0.15, 0.2) is 5.82 Å². The monoisotopic (exact) mass is 285 g/mol. The molecule has 2 N–H and O–H groups in total. The molecule has 0 spiro atoms. The van der Waals surface area contributed by atoms with Crippen LogP contribution in [0.15, 0.2) is 24.4 Å². The van der Waals surface area contributed by atoms with E-state index in [1.165, 1.54) is 11.8 Å². The summed E-state index contributed by atoms with van der Waals surface area (Å²) >= 11 is 0. The third kappa shape index (κ3) is 3.37. The second-order valence-corrected chi connectivity index (χ2v) is 5.36. The predicted octanol–water partition coefficient (Wildman–Crippen LogP) is 3.28. The van der Waals surface area contributed by atoms with Gasteiger partial charge in [-0.05, 0) is 44.9 Å². The number of aryl methyl sites for hydroxylation is 2. The molecule has 0 fully saturated rings. The van der Waals surface area contributed by atoms with Gasteiger partial charge in [-0.2, -0.15) is 0 Å². The highest BCUT2D eigenvalue weighted by Crippen LogP contribution is 2.22. The lowest BCUT2D eigenvalue weighted by molar-refractivity contribution is 0.0697. The minimum absolute atomic E-state index is 0.0799. The Morgan fingerprint density at radius 2 is 1.95 bits per heavy atom. The van der Waals surface area contributed by atoms with Crippen molar-refractivity contribution in [3.05, 3.63) is 41.1 Å². The zero-order valence-corrected chi connectivity index (χ0v) is 12.6. The minimum Gasteiger partial charge on any atom is -0.477 e. The molecule has 0 unspecified atom stereocenters. The van der Waals surface area contributed by atoms with Crippen LogP contribution >= 0.6 is 0 Å². The van der Waals surface area contributed by atoms with E-state index >= 15 is 0 Å². The molecule has 1 aromatic carbocycles. The van der Waals surface area contributed by atoms with Gasteiger partial charge < -0.3 is 10.4 Å². The summed E-state index contributed by atoms with van der Waals surface area (Å²) in [5.74, 6) is -0.170. The summed E-state index contributed by atoms with van der Waals surface area (Å²) in [4.78, 5) is 19.8. The molecule has 0 amide bonds. The van der Waals surface area contributed by atoms with Gasteiger partial charge >= 0.3 is 5.97 Å². The van der Waals surface area contributed by atoms with Crippen molar-refractivity contribution in [3.8, 4) is 11.4 Å². The lowest BCUT2D eigenvalue weighted by atomic mass is 10.1. The summed E-state index contributed by atoms with van der Waals surface area (Å²) in [5.41, 5.74) is 3.30. The van der Waals surface area contributed by atoms with E-state index in [4.69, 9.17) is 0 Å². The first-order chi connectivity index (χ1) is 9.88. The van der Waals surface area contributed by atoms with E-state index in [9.17, 15) is 9.90 Å². The minimum atomic E-state index is -1.04. The van der Waals surface area contributed by atoms with E-state index in [0.29, 0.717) is 11.6 Å². The molecule has 1 heterocycles. The Morgan fingerprint density at radius 1 is 1.24 bits per heavy atom. The molecule has 0 aliphatic carbocycles. The first kappa shape index (κ1) is 15.0. The molecule has 21 heavy (non-hydrogen) atoms. The van der Waals surface area contributed by atoms with Crippen molar-refractivity contribution < 1.29 is 9.90 Å². The van der Waals surface area contributed by atoms with Crippen LogP contribution in [0.4, 0.5) is 5.82 Å². The first-order valence-corrected chi connectivity index (χ1v) is 6.83. The van der Waals surface area contributed by atoms with Gasteiger partial charge in [0.1, 0.15) is 11.4 Å². The van der Waals surface area contributed by atoms with Crippen LogP contribution in [0.3, 0.4) is 0 Å². The third-order valence-electron chi connectivity index (χ3n) is 3.21. The second-order valence-electron chi connectivity index (χ2n) is 5.36. The fraction of sp³-hybridized carbons (Fsp3) is 0.312. The first-order valence-electron chi connectivity index (χ1n) is 6.83. The van der Waals surface area contributed by atoms with Crippen molar-refractivity contribution in [2.75, 3.05) is 5.32 Å². The highest BCUT2D eigenvalue weighted by molar-refractivity contribution is 5.93. The Kier molecular flexibility index (Phi) is 4.21. The standard InChI is InChI=1S/C16H19N3O2/c1-9(2)18-15-13(16(20)21)8-17-14(19-15)12-6-5-10(3)11(4)7-12/h5-9H,1-4H3,(H,20,21)(H,17,18,19). The number of benzene rings is 1. The highest BCUT2D eigenvalue weighted by atomic mass is 16.4. The fourth-order valence-electron chi connectivity index (χ4n) is 1.94. The Bertz CT molecular complexity index is 681. The summed E-state index contributed by atoms with van der Waals surface area (Å²) < 4.78 is 0. The molecule has 0 bridgehead atoms. The largest absolute Gasteiger partial charge is 0.477 e. The van der Waals surface area contributed by atoms with Crippen LogP contribution in [0.1, 0.15) is 35.3 Å². The van der Waals surface area contributed by atoms with Crippen molar-refractivity contribution in [1.29, 1.82) is 0 Å². The zero-order chi connectivity index (χ0) is 15.6. The maximum Gasteiger partial charge on any atom is 0.341 e. The molecule has 0 aliphatic heterocycles. The van der Waals surface area contributed by atoms with Gasteiger partial charge in [-0.1, -0.05) is 12.1 Å². The summed E-state index contributed by atoms with van der Waals surface area (Å²) in [5, 5.41) is 12.3. The lowest BCUT2D eigenvalue weighted by Crippen LogP contribution is -2.16. The number of nitrogens with zero attached hydrogens (tertiary/aromatic N) is 2. The van der Waals surface area contributed by atoms with E-state index in [2.05, 4.69) is 15.3 Å². The number of anilines is 1. The number of carboxylic acid groups (broad SMARTS) is 1. The van der Waals surface area contributed by atoms with Crippen molar-refractivity contribution in [3.63, 3.8) is 0 Å². The van der Waals surface area contributed by atoms with E-state index in [1.54, 1.807) is 0 Å². The van der Waals surface area contributed by atoms with Crippen LogP contribution in [0, 0.1) is 13.8 Å². The number of carboxylic acids is 1. The number of rotatable bonds is 4. The molecule has 2 rings (SSSR count). The topological polar surface area (TPSA) is 75.1 Å². The van der Waals surface area contributed by atoms with E-state index < -0.39 is 5.97 Å². The number of nitrogens with one attached hydrogen (secondary N) is 1. The Labute approximate surface area is 124 Å².